The van der Waals surface area contributed by atoms with Gasteiger partial charge in [0.1, 0.15) is 5.69 Å². The molecule has 0 aliphatic heterocycles. The predicted octanol–water partition coefficient (Wildman–Crippen LogP) is 6.96. The maximum absolute atomic E-state index is 13.2. The van der Waals surface area contributed by atoms with Gasteiger partial charge in [0.15, 0.2) is 0 Å². The molecule has 5 aromatic rings. The van der Waals surface area contributed by atoms with Crippen LogP contribution in [0.25, 0.3) is 22.3 Å². The lowest BCUT2D eigenvalue weighted by Crippen LogP contribution is -2.24. The van der Waals surface area contributed by atoms with Crippen LogP contribution in [0.15, 0.2) is 110 Å². The minimum atomic E-state index is -4.45. The van der Waals surface area contributed by atoms with E-state index in [0.717, 1.165) is 28.8 Å². The number of pyridine rings is 1. The molecule has 41 heavy (non-hydrogen) atoms. The Morgan fingerprint density at radius 1 is 0.829 bits per heavy atom. The molecule has 0 unspecified atom stereocenters. The topological polar surface area (TPSA) is 76.0 Å². The van der Waals surface area contributed by atoms with Gasteiger partial charge in [0, 0.05) is 37.7 Å². The minimum Gasteiger partial charge on any atom is -0.347 e. The van der Waals surface area contributed by atoms with Crippen molar-refractivity contribution in [2.75, 3.05) is 5.32 Å². The maximum Gasteiger partial charge on any atom is 0.416 e. The largest absolute Gasteiger partial charge is 0.416 e. The molecule has 0 aliphatic rings. The molecular weight excluding hydrogens is 529 g/mol. The Morgan fingerprint density at radius 3 is 2.22 bits per heavy atom. The smallest absolute Gasteiger partial charge is 0.347 e. The molecule has 3 aromatic carbocycles. The van der Waals surface area contributed by atoms with E-state index in [1.165, 1.54) is 12.1 Å². The summed E-state index contributed by atoms with van der Waals surface area (Å²) in [5.74, 6) is -0.763. The Bertz CT molecular complexity index is 1680. The van der Waals surface area contributed by atoms with Crippen molar-refractivity contribution in [2.24, 2.45) is 7.05 Å². The van der Waals surface area contributed by atoms with Crippen LogP contribution in [0, 0.1) is 0 Å². The van der Waals surface area contributed by atoms with E-state index in [9.17, 15) is 22.8 Å². The van der Waals surface area contributed by atoms with Gasteiger partial charge >= 0.3 is 6.18 Å². The van der Waals surface area contributed by atoms with Crippen molar-refractivity contribution in [3.05, 3.63) is 132 Å². The van der Waals surface area contributed by atoms with E-state index < -0.39 is 17.6 Å². The molecule has 0 bridgehead atoms. The first-order valence-corrected chi connectivity index (χ1v) is 12.7. The highest BCUT2D eigenvalue weighted by Gasteiger charge is 2.30. The van der Waals surface area contributed by atoms with E-state index in [-0.39, 0.29) is 11.5 Å². The maximum atomic E-state index is 13.2. The molecule has 206 valence electrons. The van der Waals surface area contributed by atoms with Crippen LogP contribution in [0.2, 0.25) is 0 Å². The van der Waals surface area contributed by atoms with Gasteiger partial charge < -0.3 is 15.2 Å². The number of benzene rings is 3. The third-order valence-corrected chi connectivity index (χ3v) is 6.59. The lowest BCUT2D eigenvalue weighted by atomic mass is 9.98. The van der Waals surface area contributed by atoms with Crippen molar-refractivity contribution in [1.82, 2.24) is 14.9 Å². The summed E-state index contributed by atoms with van der Waals surface area (Å²) in [5, 5.41) is 5.69. The first-order chi connectivity index (χ1) is 19.7. The standard InChI is InChI=1S/C32H25F3N4O2/c1-39-20-26(17-29(39)31(41)37-18-21-8-10-22(11-9-21)24-5-4-16-36-19-24)38-30(40)28-7-3-2-6-27(28)23-12-14-25(15-13-23)32(33,34)35/h2-17,19-20H,18H2,1H3,(H,37,41)(H,38,40). The van der Waals surface area contributed by atoms with Crippen LogP contribution in [-0.2, 0) is 19.8 Å². The summed E-state index contributed by atoms with van der Waals surface area (Å²) in [4.78, 5) is 30.2. The summed E-state index contributed by atoms with van der Waals surface area (Å²) in [6.45, 7) is 0.319. The van der Waals surface area contributed by atoms with Crippen molar-refractivity contribution in [1.29, 1.82) is 0 Å². The average molecular weight is 555 g/mol. The zero-order valence-corrected chi connectivity index (χ0v) is 21.9. The normalized spacial score (nSPS) is 11.2. The summed E-state index contributed by atoms with van der Waals surface area (Å²) in [7, 11) is 1.70. The average Bonchev–Trinajstić information content (AvgIpc) is 3.35. The van der Waals surface area contributed by atoms with Crippen molar-refractivity contribution < 1.29 is 22.8 Å². The van der Waals surface area contributed by atoms with E-state index in [2.05, 4.69) is 15.6 Å². The van der Waals surface area contributed by atoms with Crippen molar-refractivity contribution >= 4 is 17.5 Å². The zero-order valence-electron chi connectivity index (χ0n) is 21.9. The van der Waals surface area contributed by atoms with Crippen LogP contribution in [0.1, 0.15) is 32.0 Å². The molecule has 5 rings (SSSR count). The van der Waals surface area contributed by atoms with Crippen LogP contribution in [0.5, 0.6) is 0 Å². The number of carbonyl (C=O) groups excluding carboxylic acids is 2. The molecular formula is C32H25F3N4O2. The summed E-state index contributed by atoms with van der Waals surface area (Å²) in [5.41, 5.74) is 4.20. The molecule has 0 saturated carbocycles. The van der Waals surface area contributed by atoms with Gasteiger partial charge in [-0.15, -0.1) is 0 Å². The van der Waals surface area contributed by atoms with Crippen molar-refractivity contribution in [3.63, 3.8) is 0 Å². The summed E-state index contributed by atoms with van der Waals surface area (Å²) in [6.07, 6.45) is 0.680. The SMILES string of the molecule is Cn1cc(NC(=O)c2ccccc2-c2ccc(C(F)(F)F)cc2)cc1C(=O)NCc1ccc(-c2cccnc2)cc1. The number of hydrogen-bond acceptors (Lipinski definition) is 3. The Labute approximate surface area is 234 Å². The Kier molecular flexibility index (Phi) is 7.69. The number of hydrogen-bond donors (Lipinski definition) is 2. The quantitative estimate of drug-likeness (QED) is 0.229. The highest BCUT2D eigenvalue weighted by atomic mass is 19.4. The fourth-order valence-corrected chi connectivity index (χ4v) is 4.45. The summed E-state index contributed by atoms with van der Waals surface area (Å²) in [6, 6.07) is 24.5. The van der Waals surface area contributed by atoms with Gasteiger partial charge in [-0.05, 0) is 58.1 Å². The first kappa shape index (κ1) is 27.4. The summed E-state index contributed by atoms with van der Waals surface area (Å²) >= 11 is 0. The van der Waals surface area contributed by atoms with Gasteiger partial charge in [-0.2, -0.15) is 13.2 Å². The monoisotopic (exact) mass is 554 g/mol. The van der Waals surface area contributed by atoms with Crippen LogP contribution < -0.4 is 10.6 Å². The van der Waals surface area contributed by atoms with Gasteiger partial charge in [-0.25, -0.2) is 0 Å². The lowest BCUT2D eigenvalue weighted by molar-refractivity contribution is -0.137. The Hall–Kier alpha value is -5.18. The van der Waals surface area contributed by atoms with Crippen LogP contribution >= 0.6 is 0 Å². The van der Waals surface area contributed by atoms with Gasteiger partial charge in [-0.1, -0.05) is 60.7 Å². The summed E-state index contributed by atoms with van der Waals surface area (Å²) < 4.78 is 40.5. The number of aryl methyl sites for hydroxylation is 1. The molecule has 0 aliphatic carbocycles. The number of nitrogens with one attached hydrogen (secondary N) is 2. The highest BCUT2D eigenvalue weighted by molar-refractivity contribution is 6.09. The van der Waals surface area contributed by atoms with E-state index in [1.54, 1.807) is 60.5 Å². The molecule has 9 heteroatoms. The molecule has 0 atom stereocenters. The molecule has 0 fully saturated rings. The van der Waals surface area contributed by atoms with Gasteiger partial charge in [-0.3, -0.25) is 14.6 Å². The molecule has 2 N–H and O–H groups in total. The fourth-order valence-electron chi connectivity index (χ4n) is 4.45. The van der Waals surface area contributed by atoms with Crippen LogP contribution in [0.4, 0.5) is 18.9 Å². The molecule has 2 heterocycles. The van der Waals surface area contributed by atoms with E-state index in [4.69, 9.17) is 0 Å². The number of halogens is 3. The number of rotatable bonds is 7. The second kappa shape index (κ2) is 11.5. The van der Waals surface area contributed by atoms with Crippen LogP contribution in [0.3, 0.4) is 0 Å². The van der Waals surface area contributed by atoms with Gasteiger partial charge in [0.2, 0.25) is 0 Å². The van der Waals surface area contributed by atoms with E-state index >= 15 is 0 Å². The van der Waals surface area contributed by atoms with Crippen molar-refractivity contribution in [2.45, 2.75) is 12.7 Å². The number of carbonyl (C=O) groups is 2. The molecule has 2 amide bonds. The zero-order chi connectivity index (χ0) is 29.0. The number of alkyl halides is 3. The predicted molar refractivity (Wildman–Crippen MR) is 151 cm³/mol. The second-order valence-electron chi connectivity index (χ2n) is 9.42. The molecule has 0 spiro atoms. The number of amides is 2. The Morgan fingerprint density at radius 2 is 1.54 bits per heavy atom. The first-order valence-electron chi connectivity index (χ1n) is 12.7. The molecule has 6 nitrogen and oxygen atoms in total. The van der Waals surface area contributed by atoms with E-state index in [0.29, 0.717) is 29.1 Å². The van der Waals surface area contributed by atoms with Crippen LogP contribution in [-0.4, -0.2) is 21.4 Å². The van der Waals surface area contributed by atoms with Crippen molar-refractivity contribution in [3.8, 4) is 22.3 Å². The van der Waals surface area contributed by atoms with Gasteiger partial charge in [0.25, 0.3) is 11.8 Å². The number of aromatic nitrogens is 2. The minimum absolute atomic E-state index is 0.289. The number of anilines is 1. The molecule has 0 radical (unpaired) electrons. The molecule has 2 aromatic heterocycles. The molecule has 0 saturated heterocycles. The number of nitrogens with zero attached hydrogens (tertiary/aromatic N) is 2. The lowest BCUT2D eigenvalue weighted by Gasteiger charge is -2.11. The fraction of sp³-hybridized carbons (Fsp3) is 0.0938. The third-order valence-electron chi connectivity index (χ3n) is 6.59. The second-order valence-corrected chi connectivity index (χ2v) is 9.42. The Balaban J connectivity index is 1.25. The third kappa shape index (κ3) is 6.36. The highest BCUT2D eigenvalue weighted by Crippen LogP contribution is 2.32. The van der Waals surface area contributed by atoms with Gasteiger partial charge in [0.05, 0.1) is 11.3 Å². The van der Waals surface area contributed by atoms with E-state index in [1.807, 2.05) is 36.4 Å².